The van der Waals surface area contributed by atoms with Gasteiger partial charge in [-0.15, -0.1) is 0 Å². The standard InChI is InChI=1S/C11H16ClNO/c1-6-4-9(7(2)5-13)11(14)10(12)8(6)3/h4,7,14H,5,13H2,1-3H3. The first-order valence-corrected chi connectivity index (χ1v) is 5.05. The summed E-state index contributed by atoms with van der Waals surface area (Å²) >= 11 is 6.00. The number of aromatic hydroxyl groups is 1. The number of aryl methyl sites for hydroxylation is 1. The molecule has 0 spiro atoms. The van der Waals surface area contributed by atoms with Crippen molar-refractivity contribution >= 4 is 11.6 Å². The van der Waals surface area contributed by atoms with E-state index in [1.54, 1.807) is 0 Å². The van der Waals surface area contributed by atoms with Crippen LogP contribution >= 0.6 is 11.6 Å². The molecule has 0 aliphatic carbocycles. The molecule has 0 heterocycles. The Hall–Kier alpha value is -0.730. The van der Waals surface area contributed by atoms with E-state index in [2.05, 4.69) is 0 Å². The van der Waals surface area contributed by atoms with Gasteiger partial charge in [0.05, 0.1) is 5.02 Å². The maximum atomic E-state index is 9.82. The topological polar surface area (TPSA) is 46.2 Å². The smallest absolute Gasteiger partial charge is 0.137 e. The Morgan fingerprint density at radius 2 is 2.07 bits per heavy atom. The van der Waals surface area contributed by atoms with E-state index in [1.807, 2.05) is 26.8 Å². The molecule has 0 aromatic heterocycles. The number of benzene rings is 1. The highest BCUT2D eigenvalue weighted by Gasteiger charge is 2.15. The Morgan fingerprint density at radius 1 is 1.50 bits per heavy atom. The summed E-state index contributed by atoms with van der Waals surface area (Å²) in [6.45, 7) is 6.36. The van der Waals surface area contributed by atoms with Gasteiger partial charge >= 0.3 is 0 Å². The Labute approximate surface area is 89.7 Å². The number of phenolic OH excluding ortho intramolecular Hbond substituents is 1. The number of phenols is 1. The zero-order valence-electron chi connectivity index (χ0n) is 8.76. The van der Waals surface area contributed by atoms with Crippen LogP contribution < -0.4 is 5.73 Å². The van der Waals surface area contributed by atoms with Crippen LogP contribution in [0.3, 0.4) is 0 Å². The highest BCUT2D eigenvalue weighted by atomic mass is 35.5. The SMILES string of the molecule is Cc1cc(C(C)CN)c(O)c(Cl)c1C. The van der Waals surface area contributed by atoms with Gasteiger partial charge in [0.15, 0.2) is 0 Å². The molecule has 0 radical (unpaired) electrons. The van der Waals surface area contributed by atoms with E-state index in [-0.39, 0.29) is 11.7 Å². The van der Waals surface area contributed by atoms with Crippen LogP contribution in [0, 0.1) is 13.8 Å². The average Bonchev–Trinajstić information content (AvgIpc) is 2.19. The molecule has 0 aliphatic heterocycles. The highest BCUT2D eigenvalue weighted by Crippen LogP contribution is 2.36. The first-order chi connectivity index (χ1) is 6.49. The molecule has 3 heteroatoms. The predicted molar refractivity (Wildman–Crippen MR) is 60.1 cm³/mol. The van der Waals surface area contributed by atoms with Crippen molar-refractivity contribution in [2.75, 3.05) is 6.54 Å². The van der Waals surface area contributed by atoms with Crippen LogP contribution in [0.25, 0.3) is 0 Å². The summed E-state index contributed by atoms with van der Waals surface area (Å²) in [5.74, 6) is 0.305. The van der Waals surface area contributed by atoms with Crippen molar-refractivity contribution in [2.45, 2.75) is 26.7 Å². The van der Waals surface area contributed by atoms with Gasteiger partial charge < -0.3 is 10.8 Å². The average molecular weight is 214 g/mol. The van der Waals surface area contributed by atoms with E-state index in [9.17, 15) is 5.11 Å². The zero-order valence-corrected chi connectivity index (χ0v) is 9.52. The maximum Gasteiger partial charge on any atom is 0.137 e. The first-order valence-electron chi connectivity index (χ1n) is 4.67. The van der Waals surface area contributed by atoms with Crippen molar-refractivity contribution in [1.82, 2.24) is 0 Å². The number of rotatable bonds is 2. The number of hydrogen-bond acceptors (Lipinski definition) is 2. The Morgan fingerprint density at radius 3 is 2.57 bits per heavy atom. The third-order valence-electron chi connectivity index (χ3n) is 2.66. The first kappa shape index (κ1) is 11.3. The quantitative estimate of drug-likeness (QED) is 0.794. The van der Waals surface area contributed by atoms with Crippen molar-refractivity contribution < 1.29 is 5.11 Å². The zero-order chi connectivity index (χ0) is 10.9. The predicted octanol–water partition coefficient (Wildman–Crippen LogP) is 2.72. The second-order valence-corrected chi connectivity index (χ2v) is 4.08. The molecule has 0 saturated carbocycles. The largest absolute Gasteiger partial charge is 0.506 e. The van der Waals surface area contributed by atoms with Crippen LogP contribution in [-0.2, 0) is 0 Å². The molecule has 0 amide bonds. The molecule has 1 aromatic carbocycles. The van der Waals surface area contributed by atoms with Crippen molar-refractivity contribution in [3.8, 4) is 5.75 Å². The normalized spacial score (nSPS) is 12.9. The minimum absolute atomic E-state index is 0.131. The number of nitrogens with two attached hydrogens (primary N) is 1. The molecule has 0 saturated heterocycles. The summed E-state index contributed by atoms with van der Waals surface area (Å²) in [7, 11) is 0. The van der Waals surface area contributed by atoms with Crippen molar-refractivity contribution in [3.05, 3.63) is 27.8 Å². The van der Waals surface area contributed by atoms with E-state index in [1.165, 1.54) is 0 Å². The van der Waals surface area contributed by atoms with Gasteiger partial charge in [-0.1, -0.05) is 24.6 Å². The lowest BCUT2D eigenvalue weighted by Crippen LogP contribution is -2.09. The second kappa shape index (κ2) is 4.20. The van der Waals surface area contributed by atoms with Gasteiger partial charge in [0.1, 0.15) is 5.75 Å². The van der Waals surface area contributed by atoms with Gasteiger partial charge in [-0.3, -0.25) is 0 Å². The summed E-state index contributed by atoms with van der Waals surface area (Å²) in [6.07, 6.45) is 0. The van der Waals surface area contributed by atoms with Gasteiger partial charge in [0, 0.05) is 0 Å². The van der Waals surface area contributed by atoms with Crippen molar-refractivity contribution in [3.63, 3.8) is 0 Å². The molecule has 14 heavy (non-hydrogen) atoms. The molecule has 0 bridgehead atoms. The Balaban J connectivity index is 3.33. The molecule has 2 nitrogen and oxygen atoms in total. The fraction of sp³-hybridized carbons (Fsp3) is 0.455. The molecule has 1 atom stereocenters. The van der Waals surface area contributed by atoms with E-state index in [0.717, 1.165) is 16.7 Å². The molecule has 0 fully saturated rings. The van der Waals surface area contributed by atoms with Gasteiger partial charge in [-0.2, -0.15) is 0 Å². The van der Waals surface area contributed by atoms with Gasteiger partial charge in [0.2, 0.25) is 0 Å². The molecule has 1 rings (SSSR count). The number of hydrogen-bond donors (Lipinski definition) is 2. The van der Waals surface area contributed by atoms with Crippen LogP contribution in [0.2, 0.25) is 5.02 Å². The number of halogens is 1. The lowest BCUT2D eigenvalue weighted by Gasteiger charge is -2.15. The minimum atomic E-state index is 0.131. The lowest BCUT2D eigenvalue weighted by atomic mass is 9.96. The van der Waals surface area contributed by atoms with E-state index in [4.69, 9.17) is 17.3 Å². The van der Waals surface area contributed by atoms with Crippen LogP contribution in [0.15, 0.2) is 6.07 Å². The van der Waals surface area contributed by atoms with Crippen LogP contribution in [0.1, 0.15) is 29.5 Å². The van der Waals surface area contributed by atoms with Crippen LogP contribution in [0.4, 0.5) is 0 Å². The highest BCUT2D eigenvalue weighted by molar-refractivity contribution is 6.33. The Bertz CT molecular complexity index is 350. The molecule has 78 valence electrons. The summed E-state index contributed by atoms with van der Waals surface area (Å²) in [6, 6.07) is 1.95. The summed E-state index contributed by atoms with van der Waals surface area (Å²) in [5.41, 5.74) is 8.40. The van der Waals surface area contributed by atoms with Crippen molar-refractivity contribution in [2.24, 2.45) is 5.73 Å². The van der Waals surface area contributed by atoms with E-state index < -0.39 is 0 Å². The van der Waals surface area contributed by atoms with Crippen LogP contribution in [-0.4, -0.2) is 11.7 Å². The molecule has 3 N–H and O–H groups in total. The Kier molecular flexibility index (Phi) is 3.40. The third kappa shape index (κ3) is 1.86. The summed E-state index contributed by atoms with van der Waals surface area (Å²) in [5, 5.41) is 10.3. The molecule has 0 aliphatic rings. The van der Waals surface area contributed by atoms with Crippen molar-refractivity contribution in [1.29, 1.82) is 0 Å². The second-order valence-electron chi connectivity index (χ2n) is 3.71. The van der Waals surface area contributed by atoms with Gasteiger partial charge in [-0.05, 0) is 43.0 Å². The molecular weight excluding hydrogens is 198 g/mol. The fourth-order valence-corrected chi connectivity index (χ4v) is 1.65. The monoisotopic (exact) mass is 213 g/mol. The molecular formula is C11H16ClNO. The van der Waals surface area contributed by atoms with Crippen LogP contribution in [0.5, 0.6) is 5.75 Å². The lowest BCUT2D eigenvalue weighted by molar-refractivity contribution is 0.463. The third-order valence-corrected chi connectivity index (χ3v) is 3.12. The van der Waals surface area contributed by atoms with E-state index in [0.29, 0.717) is 11.6 Å². The summed E-state index contributed by atoms with van der Waals surface area (Å²) < 4.78 is 0. The van der Waals surface area contributed by atoms with Gasteiger partial charge in [-0.25, -0.2) is 0 Å². The minimum Gasteiger partial charge on any atom is -0.506 e. The van der Waals surface area contributed by atoms with E-state index >= 15 is 0 Å². The fourth-order valence-electron chi connectivity index (χ4n) is 1.39. The summed E-state index contributed by atoms with van der Waals surface area (Å²) in [4.78, 5) is 0. The van der Waals surface area contributed by atoms with Gasteiger partial charge in [0.25, 0.3) is 0 Å². The molecule has 1 unspecified atom stereocenters. The maximum absolute atomic E-state index is 9.82. The molecule has 1 aromatic rings.